The highest BCUT2D eigenvalue weighted by atomic mass is 16.2. The number of rotatable bonds is 7. The second-order valence-electron chi connectivity index (χ2n) is 8.16. The molecule has 0 atom stereocenters. The van der Waals surface area contributed by atoms with Crippen LogP contribution in [0.4, 0.5) is 0 Å². The predicted molar refractivity (Wildman–Crippen MR) is 114 cm³/mol. The summed E-state index contributed by atoms with van der Waals surface area (Å²) in [6.45, 7) is 9.03. The number of hydrogen-bond donors (Lipinski definition) is 1. The summed E-state index contributed by atoms with van der Waals surface area (Å²) in [5.74, 6) is 1.66. The van der Waals surface area contributed by atoms with Crippen molar-refractivity contribution in [3.05, 3.63) is 53.6 Å². The normalized spacial score (nSPS) is 15.0. The molecule has 1 aromatic heterocycles. The van der Waals surface area contributed by atoms with Crippen molar-refractivity contribution < 1.29 is 9.59 Å². The molecule has 0 radical (unpaired) electrons. The lowest BCUT2D eigenvalue weighted by atomic mass is 9.95. The van der Waals surface area contributed by atoms with E-state index < -0.39 is 0 Å². The quantitative estimate of drug-likeness (QED) is 0.730. The topological polar surface area (TPSA) is 67.2 Å². The monoisotopic (exact) mass is 396 g/mol. The van der Waals surface area contributed by atoms with Crippen LogP contribution in [0.15, 0.2) is 36.7 Å². The Hall–Kier alpha value is -2.63. The molecule has 6 nitrogen and oxygen atoms in total. The van der Waals surface area contributed by atoms with Crippen LogP contribution in [0.5, 0.6) is 0 Å². The number of likely N-dealkylation sites (tertiary alicyclic amines) is 1. The van der Waals surface area contributed by atoms with Gasteiger partial charge in [-0.25, -0.2) is 4.98 Å². The van der Waals surface area contributed by atoms with Crippen LogP contribution in [0.25, 0.3) is 0 Å². The van der Waals surface area contributed by atoms with Gasteiger partial charge in [0.05, 0.1) is 0 Å². The molecule has 2 aromatic rings. The Labute approximate surface area is 173 Å². The first-order valence-corrected chi connectivity index (χ1v) is 10.6. The zero-order chi connectivity index (χ0) is 20.8. The largest absolute Gasteiger partial charge is 0.356 e. The molecule has 2 amide bonds. The molecule has 6 heteroatoms. The fraction of sp³-hybridized carbons (Fsp3) is 0.522. The maximum Gasteiger partial charge on any atom is 0.254 e. The molecule has 1 saturated heterocycles. The molecule has 29 heavy (non-hydrogen) atoms. The van der Waals surface area contributed by atoms with Crippen LogP contribution >= 0.6 is 0 Å². The van der Waals surface area contributed by atoms with Crippen LogP contribution in [0, 0.1) is 12.8 Å². The van der Waals surface area contributed by atoms with E-state index in [-0.39, 0.29) is 17.7 Å². The Kier molecular flexibility index (Phi) is 7.07. The maximum atomic E-state index is 12.7. The fourth-order valence-corrected chi connectivity index (χ4v) is 3.94. The number of aryl methyl sites for hydroxylation is 2. The number of aromatic nitrogens is 2. The summed E-state index contributed by atoms with van der Waals surface area (Å²) in [6, 6.07) is 7.68. The summed E-state index contributed by atoms with van der Waals surface area (Å²) in [4.78, 5) is 31.5. The first-order valence-electron chi connectivity index (χ1n) is 10.6. The van der Waals surface area contributed by atoms with Crippen LogP contribution in [0.1, 0.15) is 60.8 Å². The average molecular weight is 397 g/mol. The van der Waals surface area contributed by atoms with E-state index in [2.05, 4.69) is 28.7 Å². The first kappa shape index (κ1) is 21.1. The van der Waals surface area contributed by atoms with Gasteiger partial charge < -0.3 is 14.8 Å². The van der Waals surface area contributed by atoms with Gasteiger partial charge in [-0.1, -0.05) is 32.0 Å². The Morgan fingerprint density at radius 2 is 1.93 bits per heavy atom. The SMILES string of the molecule is Cc1ccccc1C(=O)N1CCC(C(=O)NCCCn2ccnc2C(C)C)CC1. The van der Waals surface area contributed by atoms with Gasteiger partial charge in [0.2, 0.25) is 5.91 Å². The van der Waals surface area contributed by atoms with Crippen molar-refractivity contribution in [2.45, 2.75) is 52.5 Å². The van der Waals surface area contributed by atoms with Gasteiger partial charge in [0.25, 0.3) is 5.91 Å². The summed E-state index contributed by atoms with van der Waals surface area (Å²) >= 11 is 0. The van der Waals surface area contributed by atoms with Gasteiger partial charge in [-0.05, 0) is 37.8 Å². The maximum absolute atomic E-state index is 12.7. The molecular weight excluding hydrogens is 364 g/mol. The first-order chi connectivity index (χ1) is 14.0. The number of piperidine rings is 1. The van der Waals surface area contributed by atoms with Crippen LogP contribution in [0.2, 0.25) is 0 Å². The van der Waals surface area contributed by atoms with Crippen molar-refractivity contribution >= 4 is 11.8 Å². The summed E-state index contributed by atoms with van der Waals surface area (Å²) in [5, 5.41) is 3.07. The molecule has 0 saturated carbocycles. The van der Waals surface area contributed by atoms with E-state index in [4.69, 9.17) is 0 Å². The summed E-state index contributed by atoms with van der Waals surface area (Å²) in [7, 11) is 0. The molecule has 1 aliphatic heterocycles. The third kappa shape index (κ3) is 5.25. The van der Waals surface area contributed by atoms with Gasteiger partial charge in [-0.2, -0.15) is 0 Å². The van der Waals surface area contributed by atoms with Crippen LogP contribution in [-0.4, -0.2) is 45.9 Å². The number of carbonyl (C=O) groups excluding carboxylic acids is 2. The number of carbonyl (C=O) groups is 2. The van der Waals surface area contributed by atoms with Gasteiger partial charge in [0.15, 0.2) is 0 Å². The Morgan fingerprint density at radius 1 is 1.21 bits per heavy atom. The Balaban J connectivity index is 1.40. The van der Waals surface area contributed by atoms with E-state index in [9.17, 15) is 9.59 Å². The third-order valence-electron chi connectivity index (χ3n) is 5.67. The van der Waals surface area contributed by atoms with E-state index in [1.807, 2.05) is 48.5 Å². The van der Waals surface area contributed by atoms with Gasteiger partial charge >= 0.3 is 0 Å². The number of amides is 2. The minimum absolute atomic E-state index is 0.00427. The van der Waals surface area contributed by atoms with E-state index in [0.29, 0.717) is 25.6 Å². The minimum atomic E-state index is -0.00427. The van der Waals surface area contributed by atoms with E-state index >= 15 is 0 Å². The van der Waals surface area contributed by atoms with Gasteiger partial charge in [-0.3, -0.25) is 9.59 Å². The molecule has 1 aliphatic rings. The highest BCUT2D eigenvalue weighted by molar-refractivity contribution is 5.95. The number of hydrogen-bond acceptors (Lipinski definition) is 3. The predicted octanol–water partition coefficient (Wildman–Crippen LogP) is 3.37. The van der Waals surface area contributed by atoms with Crippen LogP contribution in [-0.2, 0) is 11.3 Å². The smallest absolute Gasteiger partial charge is 0.254 e. The van der Waals surface area contributed by atoms with Crippen molar-refractivity contribution in [3.63, 3.8) is 0 Å². The number of nitrogens with one attached hydrogen (secondary N) is 1. The molecule has 1 N–H and O–H groups in total. The van der Waals surface area contributed by atoms with Crippen molar-refractivity contribution in [3.8, 4) is 0 Å². The average Bonchev–Trinajstić information content (AvgIpc) is 3.20. The van der Waals surface area contributed by atoms with Crippen molar-refractivity contribution in [1.29, 1.82) is 0 Å². The Bertz CT molecular complexity index is 835. The molecule has 0 bridgehead atoms. The third-order valence-corrected chi connectivity index (χ3v) is 5.67. The number of nitrogens with zero attached hydrogens (tertiary/aromatic N) is 3. The van der Waals surface area contributed by atoms with Crippen molar-refractivity contribution in [1.82, 2.24) is 19.8 Å². The molecule has 1 fully saturated rings. The highest BCUT2D eigenvalue weighted by Crippen LogP contribution is 2.20. The zero-order valence-electron chi connectivity index (χ0n) is 17.7. The van der Waals surface area contributed by atoms with Gasteiger partial charge in [0.1, 0.15) is 5.82 Å². The van der Waals surface area contributed by atoms with E-state index in [0.717, 1.165) is 42.8 Å². The standard InChI is InChI=1S/C23H32N4O2/c1-17(2)21-24-12-16-26(21)13-6-11-25-22(28)19-9-14-27(15-10-19)23(29)20-8-5-4-7-18(20)3/h4-5,7-8,12,16-17,19H,6,9-11,13-15H2,1-3H3,(H,25,28). The molecule has 0 spiro atoms. The van der Waals surface area contributed by atoms with Crippen LogP contribution in [0.3, 0.4) is 0 Å². The lowest BCUT2D eigenvalue weighted by Gasteiger charge is -2.31. The molecule has 156 valence electrons. The highest BCUT2D eigenvalue weighted by Gasteiger charge is 2.28. The Morgan fingerprint density at radius 3 is 2.62 bits per heavy atom. The fourth-order valence-electron chi connectivity index (χ4n) is 3.94. The minimum Gasteiger partial charge on any atom is -0.356 e. The number of imidazole rings is 1. The van der Waals surface area contributed by atoms with E-state index in [1.165, 1.54) is 0 Å². The molecular formula is C23H32N4O2. The number of benzene rings is 1. The van der Waals surface area contributed by atoms with Gasteiger partial charge in [-0.15, -0.1) is 0 Å². The molecule has 3 rings (SSSR count). The van der Waals surface area contributed by atoms with Crippen molar-refractivity contribution in [2.24, 2.45) is 5.92 Å². The second-order valence-corrected chi connectivity index (χ2v) is 8.16. The molecule has 0 aliphatic carbocycles. The lowest BCUT2D eigenvalue weighted by Crippen LogP contribution is -2.43. The molecule has 1 aromatic carbocycles. The molecule has 2 heterocycles. The summed E-state index contributed by atoms with van der Waals surface area (Å²) < 4.78 is 2.16. The second kappa shape index (κ2) is 9.72. The summed E-state index contributed by atoms with van der Waals surface area (Å²) in [5.41, 5.74) is 1.76. The van der Waals surface area contributed by atoms with Crippen molar-refractivity contribution in [2.75, 3.05) is 19.6 Å². The summed E-state index contributed by atoms with van der Waals surface area (Å²) in [6.07, 6.45) is 6.16. The lowest BCUT2D eigenvalue weighted by molar-refractivity contribution is -0.126. The molecule has 0 unspecified atom stereocenters. The van der Waals surface area contributed by atoms with E-state index in [1.54, 1.807) is 0 Å². The zero-order valence-corrected chi connectivity index (χ0v) is 17.7. The van der Waals surface area contributed by atoms with Crippen LogP contribution < -0.4 is 5.32 Å². The van der Waals surface area contributed by atoms with Gasteiger partial charge in [0, 0.05) is 56.0 Å².